The number of Topliss-reactive ketones (excluding diaryl/α,β-unsaturated/α-hetero) is 1. The normalized spacial score (nSPS) is 10.6. The van der Waals surface area contributed by atoms with E-state index in [4.69, 9.17) is 10.5 Å². The summed E-state index contributed by atoms with van der Waals surface area (Å²) < 4.78 is 6.82. The van der Waals surface area contributed by atoms with E-state index in [1.807, 2.05) is 42.5 Å². The van der Waals surface area contributed by atoms with Crippen molar-refractivity contribution in [3.05, 3.63) is 60.4 Å². The SMILES string of the molecule is COc1ccc2cc(-c3ccccc3)c(C(=O)C(N)=O)n2c1. The lowest BCUT2D eigenvalue weighted by Gasteiger charge is -2.06. The Kier molecular flexibility index (Phi) is 3.39. The molecule has 2 N–H and O–H groups in total. The van der Waals surface area contributed by atoms with E-state index >= 15 is 0 Å². The number of fused-ring (bicyclic) bond motifs is 1. The molecule has 0 aliphatic heterocycles. The minimum Gasteiger partial charge on any atom is -0.495 e. The zero-order valence-corrected chi connectivity index (χ0v) is 11.9. The smallest absolute Gasteiger partial charge is 0.291 e. The highest BCUT2D eigenvalue weighted by Gasteiger charge is 2.22. The van der Waals surface area contributed by atoms with Crippen LogP contribution in [0.4, 0.5) is 0 Å². The van der Waals surface area contributed by atoms with Gasteiger partial charge in [0.1, 0.15) is 11.4 Å². The van der Waals surface area contributed by atoms with Crippen molar-refractivity contribution >= 4 is 17.2 Å². The number of methoxy groups -OCH3 is 1. The summed E-state index contributed by atoms with van der Waals surface area (Å²) in [5, 5.41) is 0. The van der Waals surface area contributed by atoms with Gasteiger partial charge in [-0.15, -0.1) is 0 Å². The van der Waals surface area contributed by atoms with E-state index in [1.165, 1.54) is 0 Å². The number of ketones is 1. The molecule has 1 aromatic carbocycles. The first-order valence-corrected chi connectivity index (χ1v) is 6.70. The van der Waals surface area contributed by atoms with Crippen molar-refractivity contribution in [1.82, 2.24) is 4.40 Å². The fraction of sp³-hybridized carbons (Fsp3) is 0.0588. The lowest BCUT2D eigenvalue weighted by molar-refractivity contribution is -0.114. The van der Waals surface area contributed by atoms with Gasteiger partial charge in [0, 0.05) is 11.1 Å². The van der Waals surface area contributed by atoms with E-state index in [-0.39, 0.29) is 5.69 Å². The van der Waals surface area contributed by atoms with Gasteiger partial charge < -0.3 is 14.9 Å². The minimum atomic E-state index is -0.986. The molecule has 5 nitrogen and oxygen atoms in total. The summed E-state index contributed by atoms with van der Waals surface area (Å²) in [5.41, 5.74) is 7.73. The van der Waals surface area contributed by atoms with Gasteiger partial charge in [-0.3, -0.25) is 9.59 Å². The van der Waals surface area contributed by atoms with Crippen LogP contribution in [0.15, 0.2) is 54.7 Å². The van der Waals surface area contributed by atoms with E-state index in [1.54, 1.807) is 23.8 Å². The molecule has 3 rings (SSSR count). The molecule has 0 fully saturated rings. The van der Waals surface area contributed by atoms with Crippen LogP contribution in [0.2, 0.25) is 0 Å². The van der Waals surface area contributed by atoms with Crippen molar-refractivity contribution in [3.8, 4) is 16.9 Å². The molecule has 0 radical (unpaired) electrons. The molecule has 22 heavy (non-hydrogen) atoms. The van der Waals surface area contributed by atoms with Gasteiger partial charge in [-0.1, -0.05) is 30.3 Å². The van der Waals surface area contributed by atoms with Crippen LogP contribution in [-0.4, -0.2) is 23.2 Å². The van der Waals surface area contributed by atoms with Gasteiger partial charge in [0.2, 0.25) is 0 Å². The second-order valence-corrected chi connectivity index (χ2v) is 4.83. The lowest BCUT2D eigenvalue weighted by atomic mass is 10.0. The van der Waals surface area contributed by atoms with Gasteiger partial charge in [0.15, 0.2) is 0 Å². The molecule has 110 valence electrons. The van der Waals surface area contributed by atoms with Crippen molar-refractivity contribution in [1.29, 1.82) is 0 Å². The summed E-state index contributed by atoms with van der Waals surface area (Å²) in [4.78, 5) is 23.7. The maximum absolute atomic E-state index is 12.3. The van der Waals surface area contributed by atoms with E-state index < -0.39 is 11.7 Å². The summed E-state index contributed by atoms with van der Waals surface area (Å²) in [7, 11) is 1.54. The first-order chi connectivity index (χ1) is 10.6. The summed E-state index contributed by atoms with van der Waals surface area (Å²) in [6.45, 7) is 0. The second-order valence-electron chi connectivity index (χ2n) is 4.83. The lowest BCUT2D eigenvalue weighted by Crippen LogP contribution is -2.24. The summed E-state index contributed by atoms with van der Waals surface area (Å²) in [6.07, 6.45) is 1.66. The number of rotatable bonds is 4. The topological polar surface area (TPSA) is 73.8 Å². The number of pyridine rings is 1. The maximum atomic E-state index is 12.3. The Morgan fingerprint density at radius 1 is 1.09 bits per heavy atom. The zero-order chi connectivity index (χ0) is 15.7. The molecule has 0 atom stereocenters. The largest absolute Gasteiger partial charge is 0.495 e. The molecule has 0 spiro atoms. The molecule has 0 aliphatic rings. The Morgan fingerprint density at radius 3 is 2.45 bits per heavy atom. The highest BCUT2D eigenvalue weighted by atomic mass is 16.5. The van der Waals surface area contributed by atoms with Gasteiger partial charge in [-0.25, -0.2) is 0 Å². The van der Waals surface area contributed by atoms with Crippen LogP contribution < -0.4 is 10.5 Å². The maximum Gasteiger partial charge on any atom is 0.291 e. The summed E-state index contributed by atoms with van der Waals surface area (Å²) in [5.74, 6) is -1.13. The van der Waals surface area contributed by atoms with Crippen molar-refractivity contribution < 1.29 is 14.3 Å². The van der Waals surface area contributed by atoms with E-state index in [9.17, 15) is 9.59 Å². The molecule has 5 heteroatoms. The Hall–Kier alpha value is -3.08. The summed E-state index contributed by atoms with van der Waals surface area (Å²) in [6, 6.07) is 14.9. The van der Waals surface area contributed by atoms with Gasteiger partial charge in [-0.05, 0) is 23.8 Å². The molecule has 3 aromatic rings. The number of primary amides is 1. The molecule has 0 bridgehead atoms. The van der Waals surface area contributed by atoms with Gasteiger partial charge in [-0.2, -0.15) is 0 Å². The number of carbonyl (C=O) groups is 2. The first kappa shape index (κ1) is 13.9. The molecule has 0 saturated heterocycles. The van der Waals surface area contributed by atoms with Crippen LogP contribution in [-0.2, 0) is 4.79 Å². The zero-order valence-electron chi connectivity index (χ0n) is 11.9. The van der Waals surface area contributed by atoms with Crippen LogP contribution >= 0.6 is 0 Å². The Labute approximate surface area is 126 Å². The molecule has 2 aromatic heterocycles. The predicted octanol–water partition coefficient (Wildman–Crippen LogP) is 2.28. The quantitative estimate of drug-likeness (QED) is 0.592. The fourth-order valence-corrected chi connectivity index (χ4v) is 2.46. The van der Waals surface area contributed by atoms with Crippen LogP contribution in [0.5, 0.6) is 5.75 Å². The predicted molar refractivity (Wildman–Crippen MR) is 82.9 cm³/mol. The molecule has 1 amide bonds. The van der Waals surface area contributed by atoms with Gasteiger partial charge in [0.25, 0.3) is 11.7 Å². The highest BCUT2D eigenvalue weighted by Crippen LogP contribution is 2.29. The molecular formula is C17H14N2O3. The third-order valence-electron chi connectivity index (χ3n) is 3.50. The Morgan fingerprint density at radius 2 is 1.82 bits per heavy atom. The van der Waals surface area contributed by atoms with E-state index in [0.717, 1.165) is 11.1 Å². The van der Waals surface area contributed by atoms with Crippen LogP contribution in [0.1, 0.15) is 10.5 Å². The van der Waals surface area contributed by atoms with E-state index in [2.05, 4.69) is 0 Å². The number of nitrogens with zero attached hydrogens (tertiary/aromatic N) is 1. The van der Waals surface area contributed by atoms with Crippen LogP contribution in [0, 0.1) is 0 Å². The molecule has 2 heterocycles. The van der Waals surface area contributed by atoms with Crippen LogP contribution in [0.25, 0.3) is 16.6 Å². The third kappa shape index (κ3) is 2.22. The molecule has 0 saturated carbocycles. The number of nitrogens with two attached hydrogens (primary N) is 1. The van der Waals surface area contributed by atoms with Crippen LogP contribution in [0.3, 0.4) is 0 Å². The molecular weight excluding hydrogens is 280 g/mol. The molecule has 0 aliphatic carbocycles. The Bertz CT molecular complexity index is 866. The number of ether oxygens (including phenoxy) is 1. The minimum absolute atomic E-state index is 0.243. The number of carbonyl (C=O) groups excluding carboxylic acids is 2. The van der Waals surface area contributed by atoms with E-state index in [0.29, 0.717) is 11.3 Å². The monoisotopic (exact) mass is 294 g/mol. The number of benzene rings is 1. The number of amides is 1. The van der Waals surface area contributed by atoms with Crippen molar-refractivity contribution in [2.75, 3.05) is 7.11 Å². The highest BCUT2D eigenvalue weighted by molar-refractivity contribution is 6.43. The van der Waals surface area contributed by atoms with Crippen molar-refractivity contribution in [3.63, 3.8) is 0 Å². The first-order valence-electron chi connectivity index (χ1n) is 6.70. The standard InChI is InChI=1S/C17H14N2O3/c1-22-13-8-7-12-9-14(11-5-3-2-4-6-11)15(19(12)10-13)16(20)17(18)21/h2-10H,1H3,(H2,18,21). The van der Waals surface area contributed by atoms with Gasteiger partial charge >= 0.3 is 0 Å². The second kappa shape index (κ2) is 5.37. The number of hydrogen-bond acceptors (Lipinski definition) is 3. The average molecular weight is 294 g/mol. The molecule has 0 unspecified atom stereocenters. The summed E-state index contributed by atoms with van der Waals surface area (Å²) >= 11 is 0. The van der Waals surface area contributed by atoms with Crippen molar-refractivity contribution in [2.45, 2.75) is 0 Å². The average Bonchev–Trinajstić information content (AvgIpc) is 2.93. The number of hydrogen-bond donors (Lipinski definition) is 1. The van der Waals surface area contributed by atoms with Gasteiger partial charge in [0.05, 0.1) is 13.3 Å². The Balaban J connectivity index is 2.34. The third-order valence-corrected chi connectivity index (χ3v) is 3.50. The van der Waals surface area contributed by atoms with Crippen molar-refractivity contribution in [2.24, 2.45) is 5.73 Å². The number of aromatic nitrogens is 1. The fourth-order valence-electron chi connectivity index (χ4n) is 2.46.